The van der Waals surface area contributed by atoms with Gasteiger partial charge in [0.1, 0.15) is 5.75 Å². The van der Waals surface area contributed by atoms with E-state index in [0.717, 1.165) is 11.1 Å². The molecule has 0 saturated heterocycles. The smallest absolute Gasteiger partial charge is 0.313 e. The fourth-order valence-corrected chi connectivity index (χ4v) is 2.86. The van der Waals surface area contributed by atoms with Crippen molar-refractivity contribution in [3.05, 3.63) is 65.7 Å². The van der Waals surface area contributed by atoms with Gasteiger partial charge in [-0.3, -0.25) is 9.59 Å². The summed E-state index contributed by atoms with van der Waals surface area (Å²) in [6.07, 6.45) is 0.0670. The molecule has 2 atom stereocenters. The van der Waals surface area contributed by atoms with E-state index in [2.05, 4.69) is 0 Å². The van der Waals surface area contributed by atoms with E-state index >= 15 is 0 Å². The molecule has 0 spiro atoms. The van der Waals surface area contributed by atoms with E-state index in [0.29, 0.717) is 5.75 Å². The van der Waals surface area contributed by atoms with E-state index in [1.165, 1.54) is 14.2 Å². The van der Waals surface area contributed by atoms with Gasteiger partial charge < -0.3 is 14.2 Å². The molecule has 0 amide bonds. The largest absolute Gasteiger partial charge is 0.497 e. The third-order valence-corrected chi connectivity index (χ3v) is 4.17. The number of rotatable bonds is 7. The van der Waals surface area contributed by atoms with E-state index in [4.69, 9.17) is 14.2 Å². The van der Waals surface area contributed by atoms with Gasteiger partial charge in [0.15, 0.2) is 0 Å². The number of hydrogen-bond acceptors (Lipinski definition) is 5. The third-order valence-electron chi connectivity index (χ3n) is 4.17. The second-order valence-corrected chi connectivity index (χ2v) is 5.57. The first-order valence-corrected chi connectivity index (χ1v) is 7.94. The molecule has 2 rings (SSSR count). The Morgan fingerprint density at radius 1 is 0.840 bits per heavy atom. The minimum absolute atomic E-state index is 0.0670. The van der Waals surface area contributed by atoms with Gasteiger partial charge in [0, 0.05) is 5.92 Å². The quantitative estimate of drug-likeness (QED) is 0.723. The Morgan fingerprint density at radius 2 is 1.48 bits per heavy atom. The van der Waals surface area contributed by atoms with Crippen LogP contribution in [-0.4, -0.2) is 33.3 Å². The predicted molar refractivity (Wildman–Crippen MR) is 93.6 cm³/mol. The molecule has 25 heavy (non-hydrogen) atoms. The highest BCUT2D eigenvalue weighted by atomic mass is 16.5. The molecule has 5 nitrogen and oxygen atoms in total. The molecule has 0 aromatic heterocycles. The lowest BCUT2D eigenvalue weighted by Gasteiger charge is -2.25. The molecule has 0 saturated carbocycles. The molecule has 0 fully saturated rings. The molecule has 0 aliphatic rings. The average molecular weight is 342 g/mol. The van der Waals surface area contributed by atoms with E-state index < -0.39 is 17.8 Å². The highest BCUT2D eigenvalue weighted by Crippen LogP contribution is 2.37. The van der Waals surface area contributed by atoms with Gasteiger partial charge in [0.05, 0.1) is 33.7 Å². The fraction of sp³-hybridized carbons (Fsp3) is 0.300. The lowest BCUT2D eigenvalue weighted by atomic mass is 9.79. The van der Waals surface area contributed by atoms with E-state index in [9.17, 15) is 9.59 Å². The number of carbonyl (C=O) groups is 2. The van der Waals surface area contributed by atoms with Crippen molar-refractivity contribution in [1.82, 2.24) is 0 Å². The monoisotopic (exact) mass is 342 g/mol. The van der Waals surface area contributed by atoms with Crippen LogP contribution in [0.25, 0.3) is 0 Å². The molecule has 2 aromatic rings. The molecular weight excluding hydrogens is 320 g/mol. The second kappa shape index (κ2) is 8.87. The summed E-state index contributed by atoms with van der Waals surface area (Å²) in [6.45, 7) is 0. The zero-order valence-corrected chi connectivity index (χ0v) is 14.6. The Balaban J connectivity index is 2.48. The van der Waals surface area contributed by atoms with Crippen LogP contribution in [0.4, 0.5) is 0 Å². The third kappa shape index (κ3) is 4.59. The molecule has 0 bridgehead atoms. The number of esters is 2. The molecule has 0 unspecified atom stereocenters. The number of benzene rings is 2. The minimum atomic E-state index is -0.612. The summed E-state index contributed by atoms with van der Waals surface area (Å²) < 4.78 is 15.0. The Labute approximate surface area is 147 Å². The van der Waals surface area contributed by atoms with Gasteiger partial charge in [-0.25, -0.2) is 0 Å². The van der Waals surface area contributed by atoms with E-state index in [1.54, 1.807) is 19.2 Å². The summed E-state index contributed by atoms with van der Waals surface area (Å²) in [5, 5.41) is 0. The number of ether oxygens (including phenoxy) is 3. The average Bonchev–Trinajstić information content (AvgIpc) is 2.68. The first-order valence-electron chi connectivity index (χ1n) is 7.94. The SMILES string of the molecule is COC(=O)C[C@@H](c1ccc(OC)cc1)[C@@H](C(=O)OC)c1ccccc1. The summed E-state index contributed by atoms with van der Waals surface area (Å²) in [6, 6.07) is 16.6. The van der Waals surface area contributed by atoms with Gasteiger partial charge in [-0.1, -0.05) is 42.5 Å². The van der Waals surface area contributed by atoms with Crippen LogP contribution in [0, 0.1) is 0 Å². The predicted octanol–water partition coefficient (Wildman–Crippen LogP) is 3.30. The first kappa shape index (κ1) is 18.5. The summed E-state index contributed by atoms with van der Waals surface area (Å²) in [5.41, 5.74) is 1.63. The maximum atomic E-state index is 12.5. The maximum Gasteiger partial charge on any atom is 0.313 e. The molecule has 0 aliphatic carbocycles. The van der Waals surface area contributed by atoms with Crippen LogP contribution in [0.2, 0.25) is 0 Å². The highest BCUT2D eigenvalue weighted by Gasteiger charge is 2.34. The zero-order valence-electron chi connectivity index (χ0n) is 14.6. The van der Waals surface area contributed by atoms with Crippen molar-refractivity contribution in [2.24, 2.45) is 0 Å². The van der Waals surface area contributed by atoms with Gasteiger partial charge >= 0.3 is 11.9 Å². The van der Waals surface area contributed by atoms with Gasteiger partial charge in [-0.05, 0) is 23.3 Å². The Hall–Kier alpha value is -2.82. The molecule has 0 heterocycles. The Bertz CT molecular complexity index is 694. The van der Waals surface area contributed by atoms with Gasteiger partial charge in [0.2, 0.25) is 0 Å². The lowest BCUT2D eigenvalue weighted by Crippen LogP contribution is -2.24. The number of carbonyl (C=O) groups excluding carboxylic acids is 2. The van der Waals surface area contributed by atoms with Crippen LogP contribution in [0.3, 0.4) is 0 Å². The lowest BCUT2D eigenvalue weighted by molar-refractivity contribution is -0.144. The van der Waals surface area contributed by atoms with Crippen LogP contribution in [0.5, 0.6) is 5.75 Å². The fourth-order valence-electron chi connectivity index (χ4n) is 2.86. The van der Waals surface area contributed by atoms with Crippen LogP contribution in [0.1, 0.15) is 29.4 Å². The molecular formula is C20H22O5. The van der Waals surface area contributed by atoms with Gasteiger partial charge in [-0.2, -0.15) is 0 Å². The second-order valence-electron chi connectivity index (χ2n) is 5.57. The molecule has 0 radical (unpaired) electrons. The van der Waals surface area contributed by atoms with E-state index in [-0.39, 0.29) is 12.4 Å². The molecule has 0 aliphatic heterocycles. The summed E-state index contributed by atoms with van der Waals surface area (Å²) >= 11 is 0. The van der Waals surface area contributed by atoms with Crippen LogP contribution in [-0.2, 0) is 19.1 Å². The van der Waals surface area contributed by atoms with Crippen LogP contribution in [0.15, 0.2) is 54.6 Å². The van der Waals surface area contributed by atoms with E-state index in [1.807, 2.05) is 42.5 Å². The Morgan fingerprint density at radius 3 is 2.00 bits per heavy atom. The standard InChI is InChI=1S/C20H22O5/c1-23-16-11-9-14(10-12-16)17(13-18(21)24-2)19(20(22)25-3)15-7-5-4-6-8-15/h4-12,17,19H,13H2,1-3H3/t17-,19-/m0/s1. The number of hydrogen-bond donors (Lipinski definition) is 0. The van der Waals surface area contributed by atoms with Crippen LogP contribution < -0.4 is 4.74 Å². The minimum Gasteiger partial charge on any atom is -0.497 e. The van der Waals surface area contributed by atoms with Crippen molar-refractivity contribution in [3.8, 4) is 5.75 Å². The molecule has 132 valence electrons. The summed E-state index contributed by atoms with van der Waals surface area (Å²) in [4.78, 5) is 24.5. The van der Waals surface area contributed by atoms with Crippen molar-refractivity contribution in [3.63, 3.8) is 0 Å². The topological polar surface area (TPSA) is 61.8 Å². The van der Waals surface area contributed by atoms with Gasteiger partial charge in [0.25, 0.3) is 0 Å². The normalized spacial score (nSPS) is 12.8. The molecule has 2 aromatic carbocycles. The van der Waals surface area contributed by atoms with Crippen molar-refractivity contribution in [2.45, 2.75) is 18.3 Å². The summed E-state index contributed by atoms with van der Waals surface area (Å²) in [7, 11) is 4.27. The first-order chi connectivity index (χ1) is 12.1. The number of methoxy groups -OCH3 is 3. The molecule has 5 heteroatoms. The van der Waals surface area contributed by atoms with Crippen molar-refractivity contribution < 1.29 is 23.8 Å². The van der Waals surface area contributed by atoms with Crippen LogP contribution >= 0.6 is 0 Å². The van der Waals surface area contributed by atoms with Crippen molar-refractivity contribution in [1.29, 1.82) is 0 Å². The van der Waals surface area contributed by atoms with Gasteiger partial charge in [-0.15, -0.1) is 0 Å². The molecule has 0 N–H and O–H groups in total. The summed E-state index contributed by atoms with van der Waals surface area (Å²) in [5.74, 6) is -1.09. The zero-order chi connectivity index (χ0) is 18.2. The van der Waals surface area contributed by atoms with Crippen molar-refractivity contribution >= 4 is 11.9 Å². The maximum absolute atomic E-state index is 12.5. The highest BCUT2D eigenvalue weighted by molar-refractivity contribution is 5.81. The van der Waals surface area contributed by atoms with Crippen molar-refractivity contribution in [2.75, 3.05) is 21.3 Å². The Kier molecular flexibility index (Phi) is 6.57.